The van der Waals surface area contributed by atoms with Crippen molar-refractivity contribution in [1.82, 2.24) is 4.90 Å². The summed E-state index contributed by atoms with van der Waals surface area (Å²) in [6, 6.07) is 0.665. The van der Waals surface area contributed by atoms with Gasteiger partial charge >= 0.3 is 0 Å². The molecule has 7 atom stereocenters. The second kappa shape index (κ2) is 8.01. The third-order valence-corrected chi connectivity index (χ3v) is 9.89. The molecule has 0 aromatic carbocycles. The zero-order valence-electron chi connectivity index (χ0n) is 17.0. The summed E-state index contributed by atoms with van der Waals surface area (Å²) in [6.45, 7) is 7.13. The average Bonchev–Trinajstić information content (AvgIpc) is 2.99. The summed E-state index contributed by atoms with van der Waals surface area (Å²) in [5.41, 5.74) is 2.55. The van der Waals surface area contributed by atoms with E-state index in [2.05, 4.69) is 24.8 Å². The zero-order chi connectivity index (χ0) is 19.2. The van der Waals surface area contributed by atoms with Gasteiger partial charge in [0.05, 0.1) is 0 Å². The molecule has 7 unspecified atom stereocenters. The van der Waals surface area contributed by atoms with Crippen LogP contribution in [0.2, 0.25) is 0 Å². The first-order chi connectivity index (χ1) is 12.9. The van der Waals surface area contributed by atoms with E-state index in [1.54, 1.807) is 5.57 Å². The maximum Gasteiger partial charge on any atom is 0.0373 e. The lowest BCUT2D eigenvalue weighted by molar-refractivity contribution is -0.0510. The number of halogens is 3. The minimum atomic E-state index is 0.366. The fourth-order valence-electron chi connectivity index (χ4n) is 7.83. The molecule has 0 N–H and O–H groups in total. The maximum absolute atomic E-state index is 6.53. The molecule has 0 amide bonds. The molecule has 0 bridgehead atoms. The van der Waals surface area contributed by atoms with Crippen molar-refractivity contribution in [2.45, 2.75) is 76.6 Å². The molecule has 0 heterocycles. The quantitative estimate of drug-likeness (QED) is 0.345. The molecular formula is C23H36Cl3N. The molecule has 4 rings (SSSR count). The Hall–Kier alpha value is 0.570. The Bertz CT molecular complexity index is 572. The highest BCUT2D eigenvalue weighted by atomic mass is 35.5. The van der Waals surface area contributed by atoms with Crippen molar-refractivity contribution in [2.24, 2.45) is 28.6 Å². The lowest BCUT2D eigenvalue weighted by Gasteiger charge is -2.58. The number of fused-ring (bicyclic) bond motifs is 5. The highest BCUT2D eigenvalue weighted by molar-refractivity contribution is 6.20. The van der Waals surface area contributed by atoms with Crippen LogP contribution < -0.4 is 0 Å². The van der Waals surface area contributed by atoms with Crippen LogP contribution in [0.5, 0.6) is 0 Å². The minimum absolute atomic E-state index is 0.366. The lowest BCUT2D eigenvalue weighted by atomic mass is 9.48. The molecule has 0 aliphatic heterocycles. The molecule has 1 nitrogen and oxygen atoms in total. The predicted molar refractivity (Wildman–Crippen MR) is 118 cm³/mol. The SMILES string of the molecule is CC12CCC(Cl)CC1=CCC1C2CCC2(C)C1CCC2N(CCCl)CCCl. The Balaban J connectivity index is 1.58. The summed E-state index contributed by atoms with van der Waals surface area (Å²) in [7, 11) is 0. The van der Waals surface area contributed by atoms with Gasteiger partial charge in [0.25, 0.3) is 0 Å². The van der Waals surface area contributed by atoms with Gasteiger partial charge in [-0.15, -0.1) is 34.8 Å². The van der Waals surface area contributed by atoms with E-state index in [1.807, 2.05) is 0 Å². The zero-order valence-corrected chi connectivity index (χ0v) is 19.3. The van der Waals surface area contributed by atoms with Crippen LogP contribution in [-0.4, -0.2) is 41.2 Å². The molecule has 4 aliphatic carbocycles. The van der Waals surface area contributed by atoms with Gasteiger partial charge in [-0.2, -0.15) is 0 Å². The number of hydrogen-bond acceptors (Lipinski definition) is 1. The largest absolute Gasteiger partial charge is 0.297 e. The first-order valence-electron chi connectivity index (χ1n) is 11.1. The van der Waals surface area contributed by atoms with Crippen LogP contribution >= 0.6 is 34.8 Å². The van der Waals surface area contributed by atoms with Crippen molar-refractivity contribution in [1.29, 1.82) is 0 Å². The normalized spacial score (nSPS) is 46.6. The second-order valence-electron chi connectivity index (χ2n) is 10.2. The number of nitrogens with zero attached hydrogens (tertiary/aromatic N) is 1. The Labute approximate surface area is 181 Å². The van der Waals surface area contributed by atoms with Gasteiger partial charge in [0, 0.05) is 36.3 Å². The van der Waals surface area contributed by atoms with Crippen LogP contribution in [0.3, 0.4) is 0 Å². The van der Waals surface area contributed by atoms with E-state index < -0.39 is 0 Å². The van der Waals surface area contributed by atoms with Gasteiger partial charge in [-0.1, -0.05) is 25.5 Å². The van der Waals surface area contributed by atoms with Crippen LogP contribution in [0.1, 0.15) is 65.2 Å². The van der Waals surface area contributed by atoms with Crippen LogP contribution in [0.15, 0.2) is 11.6 Å². The predicted octanol–water partition coefficient (Wildman–Crippen LogP) is 6.70. The summed E-state index contributed by atoms with van der Waals surface area (Å²) >= 11 is 18.8. The minimum Gasteiger partial charge on any atom is -0.297 e. The third kappa shape index (κ3) is 3.41. The molecular weight excluding hydrogens is 397 g/mol. The Morgan fingerprint density at radius 2 is 1.74 bits per heavy atom. The molecule has 154 valence electrons. The van der Waals surface area contributed by atoms with Gasteiger partial charge < -0.3 is 0 Å². The smallest absolute Gasteiger partial charge is 0.0373 e. The number of rotatable bonds is 5. The molecule has 4 aliphatic rings. The molecule has 0 radical (unpaired) electrons. The number of allylic oxidation sites excluding steroid dienone is 2. The van der Waals surface area contributed by atoms with Gasteiger partial charge in [-0.05, 0) is 80.0 Å². The Kier molecular flexibility index (Phi) is 6.18. The monoisotopic (exact) mass is 431 g/mol. The Morgan fingerprint density at radius 3 is 2.44 bits per heavy atom. The molecule has 3 saturated carbocycles. The molecule has 0 saturated heterocycles. The Morgan fingerprint density at radius 1 is 1.00 bits per heavy atom. The van der Waals surface area contributed by atoms with Gasteiger partial charge in [0.1, 0.15) is 0 Å². The highest BCUT2D eigenvalue weighted by Crippen LogP contribution is 2.65. The average molecular weight is 433 g/mol. The fraction of sp³-hybridized carbons (Fsp3) is 0.913. The van der Waals surface area contributed by atoms with Crippen molar-refractivity contribution in [3.63, 3.8) is 0 Å². The summed E-state index contributed by atoms with van der Waals surface area (Å²) in [6.07, 6.45) is 13.0. The summed E-state index contributed by atoms with van der Waals surface area (Å²) in [4.78, 5) is 2.62. The van der Waals surface area contributed by atoms with Crippen LogP contribution in [0, 0.1) is 28.6 Å². The molecule has 0 spiro atoms. The standard InChI is InChI=1S/C23H36Cl3N/c1-22-9-7-17(26)15-16(22)3-4-18-19-5-6-21(27(13-11-24)14-12-25)23(19,2)10-8-20(18)22/h3,17-21H,4-15H2,1-2H3. The molecule has 3 fully saturated rings. The van der Waals surface area contributed by atoms with Gasteiger partial charge in [0.15, 0.2) is 0 Å². The van der Waals surface area contributed by atoms with Crippen molar-refractivity contribution in [3.8, 4) is 0 Å². The molecule has 27 heavy (non-hydrogen) atoms. The van der Waals surface area contributed by atoms with E-state index in [4.69, 9.17) is 34.8 Å². The van der Waals surface area contributed by atoms with Crippen molar-refractivity contribution in [2.75, 3.05) is 24.8 Å². The van der Waals surface area contributed by atoms with E-state index in [9.17, 15) is 0 Å². The maximum atomic E-state index is 6.53. The van der Waals surface area contributed by atoms with E-state index >= 15 is 0 Å². The van der Waals surface area contributed by atoms with E-state index in [-0.39, 0.29) is 0 Å². The third-order valence-electron chi connectivity index (χ3n) is 9.18. The highest BCUT2D eigenvalue weighted by Gasteiger charge is 2.59. The van der Waals surface area contributed by atoms with E-state index in [0.717, 1.165) is 37.3 Å². The topological polar surface area (TPSA) is 3.24 Å². The number of alkyl halides is 3. The van der Waals surface area contributed by atoms with Gasteiger partial charge in [-0.25, -0.2) is 0 Å². The van der Waals surface area contributed by atoms with Crippen LogP contribution in [0.4, 0.5) is 0 Å². The van der Waals surface area contributed by atoms with E-state index in [0.29, 0.717) is 34.0 Å². The van der Waals surface area contributed by atoms with Crippen LogP contribution in [0.25, 0.3) is 0 Å². The summed E-state index contributed by atoms with van der Waals surface area (Å²) in [5, 5.41) is 0.366. The van der Waals surface area contributed by atoms with Crippen molar-refractivity contribution >= 4 is 34.8 Å². The summed E-state index contributed by atoms with van der Waals surface area (Å²) in [5.74, 6) is 4.02. The first kappa shape index (κ1) is 20.8. The second-order valence-corrected chi connectivity index (χ2v) is 11.5. The van der Waals surface area contributed by atoms with Crippen molar-refractivity contribution in [3.05, 3.63) is 11.6 Å². The first-order valence-corrected chi connectivity index (χ1v) is 12.6. The fourth-order valence-corrected chi connectivity index (χ4v) is 8.54. The molecule has 0 aromatic rings. The van der Waals surface area contributed by atoms with Gasteiger partial charge in [0.2, 0.25) is 0 Å². The lowest BCUT2D eigenvalue weighted by Crippen LogP contribution is -2.54. The van der Waals surface area contributed by atoms with Crippen LogP contribution in [-0.2, 0) is 0 Å². The molecule has 4 heteroatoms. The summed E-state index contributed by atoms with van der Waals surface area (Å²) < 4.78 is 0. The number of hydrogen-bond donors (Lipinski definition) is 0. The van der Waals surface area contributed by atoms with Crippen molar-refractivity contribution < 1.29 is 0 Å². The molecule has 0 aromatic heterocycles. The van der Waals surface area contributed by atoms with Gasteiger partial charge in [-0.3, -0.25) is 4.90 Å². The van der Waals surface area contributed by atoms with E-state index in [1.165, 1.54) is 44.9 Å².